The Hall–Kier alpha value is -3.20. The normalized spacial score (nSPS) is 11.0. The smallest absolute Gasteiger partial charge is 0.341 e. The average molecular weight is 476 g/mol. The zero-order valence-electron chi connectivity index (χ0n) is 16.6. The number of carboxylic acids is 1. The van der Waals surface area contributed by atoms with E-state index in [9.17, 15) is 26.4 Å². The minimum Gasteiger partial charge on any atom is -0.496 e. The molecule has 0 spiro atoms. The molecule has 12 nitrogen and oxygen atoms in total. The highest BCUT2D eigenvalue weighted by molar-refractivity contribution is 7.89. The fraction of sp³-hybridized carbons (Fsp3) is 0.176. The van der Waals surface area contributed by atoms with Crippen LogP contribution in [0.25, 0.3) is 0 Å². The van der Waals surface area contributed by atoms with Crippen LogP contribution >= 0.6 is 0 Å². The van der Waals surface area contributed by atoms with E-state index >= 15 is 0 Å². The number of sulfonamides is 2. The van der Waals surface area contributed by atoms with E-state index in [4.69, 9.17) is 24.9 Å². The van der Waals surface area contributed by atoms with Gasteiger partial charge in [-0.3, -0.25) is 0 Å². The third-order valence-corrected chi connectivity index (χ3v) is 5.46. The molecular weight excluding hydrogens is 456 g/mol. The third kappa shape index (κ3) is 6.92. The van der Waals surface area contributed by atoms with Gasteiger partial charge in [-0.15, -0.1) is 0 Å². The zero-order valence-corrected chi connectivity index (χ0v) is 18.2. The molecule has 31 heavy (non-hydrogen) atoms. The van der Waals surface area contributed by atoms with Crippen molar-refractivity contribution in [2.75, 3.05) is 21.3 Å². The van der Waals surface area contributed by atoms with Gasteiger partial charge in [0, 0.05) is 0 Å². The van der Waals surface area contributed by atoms with Gasteiger partial charge in [0.05, 0.1) is 31.1 Å². The van der Waals surface area contributed by atoms with Crippen LogP contribution in [-0.2, 0) is 24.8 Å². The predicted octanol–water partition coefficient (Wildman–Crippen LogP) is 0.170. The molecule has 0 saturated carbocycles. The van der Waals surface area contributed by atoms with Crippen LogP contribution in [0.3, 0.4) is 0 Å². The van der Waals surface area contributed by atoms with Crippen LogP contribution < -0.4 is 19.8 Å². The highest BCUT2D eigenvalue weighted by atomic mass is 32.2. The van der Waals surface area contributed by atoms with E-state index in [1.54, 1.807) is 0 Å². The van der Waals surface area contributed by atoms with Crippen LogP contribution in [0.4, 0.5) is 0 Å². The van der Waals surface area contributed by atoms with Gasteiger partial charge >= 0.3 is 11.9 Å². The largest absolute Gasteiger partial charge is 0.496 e. The lowest BCUT2D eigenvalue weighted by atomic mass is 10.2. The summed E-state index contributed by atoms with van der Waals surface area (Å²) in [6, 6.07) is 7.08. The summed E-state index contributed by atoms with van der Waals surface area (Å²) in [5.41, 5.74) is -0.236. The van der Waals surface area contributed by atoms with Crippen molar-refractivity contribution >= 4 is 32.0 Å². The van der Waals surface area contributed by atoms with Crippen molar-refractivity contribution < 1.29 is 45.7 Å². The quantitative estimate of drug-likeness (QED) is 0.482. The lowest BCUT2D eigenvalue weighted by Crippen LogP contribution is -2.14. The van der Waals surface area contributed by atoms with Crippen molar-refractivity contribution in [1.82, 2.24) is 0 Å². The van der Waals surface area contributed by atoms with Gasteiger partial charge in [-0.25, -0.2) is 36.7 Å². The molecule has 2 aromatic rings. The number of carbonyl (C=O) groups excluding carboxylic acids is 1. The van der Waals surface area contributed by atoms with Gasteiger partial charge in [0.1, 0.15) is 22.6 Å². The molecule has 2 aromatic carbocycles. The van der Waals surface area contributed by atoms with Gasteiger partial charge in [-0.2, -0.15) is 0 Å². The van der Waals surface area contributed by atoms with Crippen molar-refractivity contribution in [2.45, 2.75) is 9.79 Å². The first-order valence-electron chi connectivity index (χ1n) is 7.99. The summed E-state index contributed by atoms with van der Waals surface area (Å²) >= 11 is 0. The molecule has 2 rings (SSSR count). The fourth-order valence-corrected chi connectivity index (χ4v) is 3.24. The summed E-state index contributed by atoms with van der Waals surface area (Å²) in [6.07, 6.45) is 0. The van der Waals surface area contributed by atoms with Gasteiger partial charge in [0.25, 0.3) is 0 Å². The molecule has 0 aliphatic rings. The van der Waals surface area contributed by atoms with E-state index < -0.39 is 32.0 Å². The lowest BCUT2D eigenvalue weighted by molar-refractivity contribution is 0.0595. The average Bonchev–Trinajstić information content (AvgIpc) is 2.71. The van der Waals surface area contributed by atoms with Crippen molar-refractivity contribution in [3.8, 4) is 11.5 Å². The van der Waals surface area contributed by atoms with Crippen LogP contribution in [0.5, 0.6) is 11.5 Å². The first-order chi connectivity index (χ1) is 14.3. The number of carbonyl (C=O) groups is 2. The van der Waals surface area contributed by atoms with Gasteiger partial charge < -0.3 is 19.3 Å². The Labute approximate surface area is 178 Å². The SMILES string of the molecule is COC(=O)c1cc(S(N)(=O)=O)ccc1OC.COc1ccc(S(N)(=O)=O)cc1C(=O)O. The molecule has 14 heteroatoms. The number of benzene rings is 2. The molecule has 0 unspecified atom stereocenters. The number of aromatic carboxylic acids is 1. The second kappa shape index (κ2) is 10.2. The first kappa shape index (κ1) is 25.8. The number of ether oxygens (including phenoxy) is 3. The molecule has 0 aliphatic heterocycles. The Morgan fingerprint density at radius 1 is 0.774 bits per heavy atom. The van der Waals surface area contributed by atoms with E-state index in [2.05, 4.69) is 4.74 Å². The molecular formula is C17H20N2O10S2. The first-order valence-corrected chi connectivity index (χ1v) is 11.1. The van der Waals surface area contributed by atoms with Crippen molar-refractivity contribution in [3.05, 3.63) is 47.5 Å². The van der Waals surface area contributed by atoms with E-state index in [0.29, 0.717) is 0 Å². The highest BCUT2D eigenvalue weighted by Crippen LogP contribution is 2.23. The van der Waals surface area contributed by atoms with Crippen LogP contribution in [0, 0.1) is 0 Å². The zero-order chi connectivity index (χ0) is 24.0. The Bertz CT molecular complexity index is 1190. The molecule has 0 amide bonds. The molecule has 0 aromatic heterocycles. The molecule has 0 heterocycles. The monoisotopic (exact) mass is 476 g/mol. The highest BCUT2D eigenvalue weighted by Gasteiger charge is 2.18. The summed E-state index contributed by atoms with van der Waals surface area (Å²) in [7, 11) is -3.92. The third-order valence-electron chi connectivity index (χ3n) is 3.63. The summed E-state index contributed by atoms with van der Waals surface area (Å²) in [4.78, 5) is 21.6. The van der Waals surface area contributed by atoms with E-state index in [0.717, 1.165) is 12.1 Å². The van der Waals surface area contributed by atoms with Gasteiger partial charge in [0.15, 0.2) is 0 Å². The lowest BCUT2D eigenvalue weighted by Gasteiger charge is -2.07. The summed E-state index contributed by atoms with van der Waals surface area (Å²) in [5, 5.41) is 18.6. The molecule has 0 fully saturated rings. The molecule has 0 saturated heterocycles. The van der Waals surface area contributed by atoms with Crippen LogP contribution in [0.15, 0.2) is 46.2 Å². The minimum atomic E-state index is -3.90. The second-order valence-corrected chi connectivity index (χ2v) is 8.73. The topological polar surface area (TPSA) is 202 Å². The minimum absolute atomic E-state index is 0.0107. The summed E-state index contributed by atoms with van der Waals surface area (Å²) in [6.45, 7) is 0. The molecule has 170 valence electrons. The number of nitrogens with two attached hydrogens (primary N) is 2. The number of carboxylic acid groups (broad SMARTS) is 1. The Balaban J connectivity index is 0.000000311. The van der Waals surface area contributed by atoms with Gasteiger partial charge in [-0.1, -0.05) is 0 Å². The Kier molecular flexibility index (Phi) is 8.51. The number of methoxy groups -OCH3 is 3. The summed E-state index contributed by atoms with van der Waals surface area (Å²) < 4.78 is 58.2. The van der Waals surface area contributed by atoms with E-state index in [1.807, 2.05) is 0 Å². The number of rotatable bonds is 6. The fourth-order valence-electron chi connectivity index (χ4n) is 2.16. The Morgan fingerprint density at radius 3 is 1.48 bits per heavy atom. The van der Waals surface area contributed by atoms with Gasteiger partial charge in [0.2, 0.25) is 20.0 Å². The van der Waals surface area contributed by atoms with E-state index in [-0.39, 0.29) is 32.4 Å². The van der Waals surface area contributed by atoms with Gasteiger partial charge in [-0.05, 0) is 36.4 Å². The van der Waals surface area contributed by atoms with Crippen LogP contribution in [0.1, 0.15) is 20.7 Å². The van der Waals surface area contributed by atoms with Crippen molar-refractivity contribution in [3.63, 3.8) is 0 Å². The number of hydrogen-bond donors (Lipinski definition) is 3. The number of hydrogen-bond acceptors (Lipinski definition) is 9. The standard InChI is InChI=1S/C9H11NO5S.C8H9NO5S/c1-14-8-4-3-6(16(10,12)13)5-7(8)9(11)15-2;1-14-7-3-2-5(15(9,12)13)4-6(7)8(10)11/h3-5H,1-2H3,(H2,10,12,13);2-4H,1H3,(H,10,11)(H2,9,12,13). The Morgan fingerprint density at radius 2 is 1.16 bits per heavy atom. The van der Waals surface area contributed by atoms with Crippen LogP contribution in [-0.4, -0.2) is 55.2 Å². The molecule has 0 radical (unpaired) electrons. The molecule has 5 N–H and O–H groups in total. The van der Waals surface area contributed by atoms with Crippen LogP contribution in [0.2, 0.25) is 0 Å². The summed E-state index contributed by atoms with van der Waals surface area (Å²) in [5.74, 6) is -1.67. The second-order valence-electron chi connectivity index (χ2n) is 5.61. The predicted molar refractivity (Wildman–Crippen MR) is 107 cm³/mol. The van der Waals surface area contributed by atoms with Crippen molar-refractivity contribution in [1.29, 1.82) is 0 Å². The van der Waals surface area contributed by atoms with E-state index in [1.165, 1.54) is 45.6 Å². The maximum Gasteiger partial charge on any atom is 0.341 e. The maximum atomic E-state index is 11.3. The van der Waals surface area contributed by atoms with Crippen molar-refractivity contribution in [2.24, 2.45) is 10.3 Å². The maximum absolute atomic E-state index is 11.3. The molecule has 0 atom stereocenters. The molecule has 0 bridgehead atoms. The number of esters is 1. The number of primary sulfonamides is 2. The molecule has 0 aliphatic carbocycles.